The molecule has 1 fully saturated rings. The summed E-state index contributed by atoms with van der Waals surface area (Å²) in [7, 11) is 0. The minimum atomic E-state index is 0.736. The van der Waals surface area contributed by atoms with Gasteiger partial charge in [0.05, 0.1) is 0 Å². The zero-order valence-electron chi connectivity index (χ0n) is 8.72. The van der Waals surface area contributed by atoms with E-state index < -0.39 is 0 Å². The van der Waals surface area contributed by atoms with E-state index >= 15 is 0 Å². The summed E-state index contributed by atoms with van der Waals surface area (Å²) in [5.74, 6) is 0.804. The van der Waals surface area contributed by atoms with Crippen LogP contribution in [0.15, 0.2) is 18.2 Å². The number of fused-ring (bicyclic) bond motifs is 3. The Morgan fingerprint density at radius 3 is 3.00 bits per heavy atom. The van der Waals surface area contributed by atoms with Gasteiger partial charge in [-0.2, -0.15) is 0 Å². The molecule has 1 aliphatic carbocycles. The first-order valence-electron chi connectivity index (χ1n) is 5.72. The molecule has 1 aliphatic heterocycles. The first-order chi connectivity index (χ1) is 6.86. The van der Waals surface area contributed by atoms with Crippen molar-refractivity contribution >= 4 is 5.69 Å². The van der Waals surface area contributed by atoms with Gasteiger partial charge in [0.15, 0.2) is 0 Å². The van der Waals surface area contributed by atoms with Gasteiger partial charge in [0.25, 0.3) is 0 Å². The van der Waals surface area contributed by atoms with E-state index in [4.69, 9.17) is 0 Å². The number of anilines is 1. The fraction of sp³-hybridized carbons (Fsp3) is 0.538. The Morgan fingerprint density at radius 1 is 1.21 bits per heavy atom. The normalized spacial score (nSPS) is 29.2. The van der Waals surface area contributed by atoms with Crippen molar-refractivity contribution < 1.29 is 0 Å². The summed E-state index contributed by atoms with van der Waals surface area (Å²) in [6, 6.07) is 7.46. The van der Waals surface area contributed by atoms with Crippen LogP contribution in [0.2, 0.25) is 0 Å². The highest BCUT2D eigenvalue weighted by Gasteiger charge is 2.34. The second-order valence-electron chi connectivity index (χ2n) is 4.68. The molecule has 1 heterocycles. The van der Waals surface area contributed by atoms with Crippen LogP contribution in [0.1, 0.15) is 42.7 Å². The summed E-state index contributed by atoms with van der Waals surface area (Å²) < 4.78 is 0. The minimum absolute atomic E-state index is 0.736. The van der Waals surface area contributed by atoms with Gasteiger partial charge in [-0.05, 0) is 30.9 Å². The van der Waals surface area contributed by atoms with Crippen LogP contribution < -0.4 is 5.32 Å². The van der Waals surface area contributed by atoms with Crippen molar-refractivity contribution in [3.63, 3.8) is 0 Å². The Morgan fingerprint density at radius 2 is 2.07 bits per heavy atom. The maximum absolute atomic E-state index is 3.70. The van der Waals surface area contributed by atoms with Crippen molar-refractivity contribution in [3.05, 3.63) is 29.3 Å². The molecule has 1 saturated carbocycles. The zero-order chi connectivity index (χ0) is 9.54. The van der Waals surface area contributed by atoms with Crippen molar-refractivity contribution in [2.45, 2.75) is 44.6 Å². The molecular weight excluding hydrogens is 170 g/mol. The summed E-state index contributed by atoms with van der Waals surface area (Å²) in [6.07, 6.45) is 5.56. The van der Waals surface area contributed by atoms with E-state index in [9.17, 15) is 0 Å². The van der Waals surface area contributed by atoms with E-state index in [0.717, 1.165) is 12.0 Å². The van der Waals surface area contributed by atoms with Crippen molar-refractivity contribution in [3.8, 4) is 0 Å². The molecule has 1 heteroatoms. The summed E-state index contributed by atoms with van der Waals surface area (Å²) in [6.45, 7) is 2.21. The fourth-order valence-electron chi connectivity index (χ4n) is 3.06. The zero-order valence-corrected chi connectivity index (χ0v) is 8.72. The summed E-state index contributed by atoms with van der Waals surface area (Å²) >= 11 is 0. The first-order valence-corrected chi connectivity index (χ1v) is 5.72. The lowest BCUT2D eigenvalue weighted by Crippen LogP contribution is -2.23. The van der Waals surface area contributed by atoms with E-state index in [1.807, 2.05) is 0 Å². The highest BCUT2D eigenvalue weighted by Crippen LogP contribution is 2.44. The van der Waals surface area contributed by atoms with Crippen molar-refractivity contribution in [2.24, 2.45) is 0 Å². The van der Waals surface area contributed by atoms with Gasteiger partial charge in [-0.1, -0.05) is 31.0 Å². The Balaban J connectivity index is 2.05. The maximum Gasteiger partial charge on any atom is 0.0408 e. The Labute approximate surface area is 85.5 Å². The number of hydrogen-bond acceptors (Lipinski definition) is 1. The third-order valence-corrected chi connectivity index (χ3v) is 3.80. The average Bonchev–Trinajstić information content (AvgIpc) is 2.59. The lowest BCUT2D eigenvalue weighted by atomic mass is 9.82. The van der Waals surface area contributed by atoms with E-state index in [-0.39, 0.29) is 0 Å². The molecule has 1 N–H and O–H groups in total. The van der Waals surface area contributed by atoms with E-state index in [2.05, 4.69) is 30.4 Å². The second kappa shape index (κ2) is 3.01. The van der Waals surface area contributed by atoms with Crippen molar-refractivity contribution in [1.29, 1.82) is 0 Å². The fourth-order valence-corrected chi connectivity index (χ4v) is 3.06. The maximum atomic E-state index is 3.70. The number of benzene rings is 1. The molecule has 74 valence electrons. The number of aryl methyl sites for hydroxylation is 1. The molecule has 0 amide bonds. The quantitative estimate of drug-likeness (QED) is 0.656. The molecule has 1 aromatic rings. The Hall–Kier alpha value is -0.980. The van der Waals surface area contributed by atoms with Gasteiger partial charge >= 0.3 is 0 Å². The standard InChI is InChI=1S/C13H17N/c1-9-5-4-7-11-10-6-2-3-8-12(10)14-13(9)11/h4-5,7,10,12,14H,2-3,6,8H2,1H3. The second-order valence-corrected chi connectivity index (χ2v) is 4.68. The lowest BCUT2D eigenvalue weighted by Gasteiger charge is -2.25. The van der Waals surface area contributed by atoms with Crippen LogP contribution in [-0.4, -0.2) is 6.04 Å². The van der Waals surface area contributed by atoms with Crippen molar-refractivity contribution in [1.82, 2.24) is 0 Å². The summed E-state index contributed by atoms with van der Waals surface area (Å²) in [4.78, 5) is 0. The van der Waals surface area contributed by atoms with Gasteiger partial charge in [-0.3, -0.25) is 0 Å². The molecule has 1 nitrogen and oxygen atoms in total. The van der Waals surface area contributed by atoms with Crippen LogP contribution in [0, 0.1) is 6.92 Å². The molecule has 0 aromatic heterocycles. The number of rotatable bonds is 0. The topological polar surface area (TPSA) is 12.0 Å². The number of nitrogens with one attached hydrogen (secondary N) is 1. The molecule has 2 unspecified atom stereocenters. The molecule has 2 aliphatic rings. The molecule has 14 heavy (non-hydrogen) atoms. The Bertz CT molecular complexity index is 356. The number of para-hydroxylation sites is 1. The molecule has 2 atom stereocenters. The monoisotopic (exact) mass is 187 g/mol. The van der Waals surface area contributed by atoms with Gasteiger partial charge < -0.3 is 5.32 Å². The van der Waals surface area contributed by atoms with Crippen LogP contribution in [0.4, 0.5) is 5.69 Å². The van der Waals surface area contributed by atoms with Gasteiger partial charge in [0, 0.05) is 17.6 Å². The van der Waals surface area contributed by atoms with Gasteiger partial charge in [-0.15, -0.1) is 0 Å². The van der Waals surface area contributed by atoms with Crippen LogP contribution >= 0.6 is 0 Å². The van der Waals surface area contributed by atoms with E-state index in [1.54, 1.807) is 5.56 Å². The summed E-state index contributed by atoms with van der Waals surface area (Å²) in [5.41, 5.74) is 4.43. The molecule has 0 radical (unpaired) electrons. The Kier molecular flexibility index (Phi) is 1.79. The van der Waals surface area contributed by atoms with Crippen LogP contribution in [0.25, 0.3) is 0 Å². The molecule has 0 spiro atoms. The predicted octanol–water partition coefficient (Wildman–Crippen LogP) is 3.45. The molecule has 1 aromatic carbocycles. The average molecular weight is 187 g/mol. The van der Waals surface area contributed by atoms with Gasteiger partial charge in [-0.25, -0.2) is 0 Å². The molecule has 0 saturated heterocycles. The van der Waals surface area contributed by atoms with Crippen LogP contribution in [0.3, 0.4) is 0 Å². The first kappa shape index (κ1) is 8.34. The largest absolute Gasteiger partial charge is 0.381 e. The highest BCUT2D eigenvalue weighted by molar-refractivity contribution is 5.64. The predicted molar refractivity (Wildman–Crippen MR) is 59.8 cm³/mol. The molecule has 3 rings (SSSR count). The van der Waals surface area contributed by atoms with Gasteiger partial charge in [0.1, 0.15) is 0 Å². The van der Waals surface area contributed by atoms with Crippen LogP contribution in [0.5, 0.6) is 0 Å². The molecule has 0 bridgehead atoms. The van der Waals surface area contributed by atoms with Gasteiger partial charge in [0.2, 0.25) is 0 Å². The number of hydrogen-bond donors (Lipinski definition) is 1. The lowest BCUT2D eigenvalue weighted by molar-refractivity contribution is 0.422. The van der Waals surface area contributed by atoms with Crippen molar-refractivity contribution in [2.75, 3.05) is 5.32 Å². The SMILES string of the molecule is Cc1cccc2c1NC1CCCCC21. The minimum Gasteiger partial charge on any atom is -0.381 e. The molecular formula is C13H17N. The third kappa shape index (κ3) is 1.08. The smallest absolute Gasteiger partial charge is 0.0408 e. The van der Waals surface area contributed by atoms with E-state index in [1.165, 1.54) is 36.9 Å². The highest BCUT2D eigenvalue weighted by atomic mass is 15.0. The van der Waals surface area contributed by atoms with E-state index in [0.29, 0.717) is 0 Å². The van der Waals surface area contributed by atoms with Crippen LogP contribution in [-0.2, 0) is 0 Å². The third-order valence-electron chi connectivity index (χ3n) is 3.80. The summed E-state index contributed by atoms with van der Waals surface area (Å²) in [5, 5.41) is 3.70.